The highest BCUT2D eigenvalue weighted by Gasteiger charge is 2.37. The molecular formula is C23H24O4. The molecule has 0 fully saturated rings. The van der Waals surface area contributed by atoms with E-state index in [-0.39, 0.29) is 16.6 Å². The van der Waals surface area contributed by atoms with Gasteiger partial charge in [-0.1, -0.05) is 39.8 Å². The maximum absolute atomic E-state index is 10.7. The molecule has 1 heterocycles. The maximum Gasteiger partial charge on any atom is 0.511 e. The summed E-state index contributed by atoms with van der Waals surface area (Å²) in [6.45, 7) is 9.23. The normalized spacial score (nSPS) is 17.5. The first-order valence-electron chi connectivity index (χ1n) is 9.25. The summed E-state index contributed by atoms with van der Waals surface area (Å²) in [6.07, 6.45) is 1.01. The largest absolute Gasteiger partial charge is 0.511 e. The molecule has 0 aliphatic heterocycles. The van der Waals surface area contributed by atoms with Gasteiger partial charge in [0, 0.05) is 17.0 Å². The molecule has 0 spiro atoms. The minimum Gasteiger partial charge on any atom is -0.456 e. The first-order chi connectivity index (χ1) is 12.7. The van der Waals surface area contributed by atoms with Crippen LogP contribution >= 0.6 is 0 Å². The molecule has 0 saturated carbocycles. The number of carboxylic acid groups (broad SMARTS) is 1. The lowest BCUT2D eigenvalue weighted by Crippen LogP contribution is -2.33. The summed E-state index contributed by atoms with van der Waals surface area (Å²) < 4.78 is 10.7. The van der Waals surface area contributed by atoms with Crippen LogP contribution in [0.2, 0.25) is 0 Å². The zero-order valence-corrected chi connectivity index (χ0v) is 16.1. The van der Waals surface area contributed by atoms with Crippen molar-refractivity contribution in [3.63, 3.8) is 0 Å². The third kappa shape index (κ3) is 3.09. The molecule has 0 bridgehead atoms. The Morgan fingerprint density at radius 2 is 1.67 bits per heavy atom. The molecule has 4 rings (SSSR count). The lowest BCUT2D eigenvalue weighted by Gasteiger charge is -2.42. The van der Waals surface area contributed by atoms with E-state index in [1.165, 1.54) is 17.5 Å². The topological polar surface area (TPSA) is 59.7 Å². The average molecular weight is 364 g/mol. The lowest BCUT2D eigenvalue weighted by molar-refractivity contribution is 0.144. The van der Waals surface area contributed by atoms with E-state index >= 15 is 0 Å². The van der Waals surface area contributed by atoms with Gasteiger partial charge in [0.1, 0.15) is 17.1 Å². The molecule has 0 amide bonds. The highest BCUT2D eigenvalue weighted by molar-refractivity contribution is 5.84. The first kappa shape index (κ1) is 17.7. The average Bonchev–Trinajstić information content (AvgIpc) is 3.01. The Bertz CT molecular complexity index is 1040. The van der Waals surface area contributed by atoms with Crippen molar-refractivity contribution in [1.82, 2.24) is 0 Å². The fourth-order valence-electron chi connectivity index (χ4n) is 4.06. The summed E-state index contributed by atoms with van der Waals surface area (Å²) in [5.41, 5.74) is 4.76. The van der Waals surface area contributed by atoms with Crippen molar-refractivity contribution in [2.24, 2.45) is 0 Å². The van der Waals surface area contributed by atoms with Gasteiger partial charge in [-0.15, -0.1) is 0 Å². The minimum atomic E-state index is -1.33. The van der Waals surface area contributed by atoms with E-state index in [9.17, 15) is 4.79 Å². The number of rotatable bonds is 2. The predicted molar refractivity (Wildman–Crippen MR) is 106 cm³/mol. The summed E-state index contributed by atoms with van der Waals surface area (Å²) in [5.74, 6) is 1.03. The van der Waals surface area contributed by atoms with Crippen LogP contribution in [0.25, 0.3) is 22.3 Å². The van der Waals surface area contributed by atoms with Gasteiger partial charge < -0.3 is 14.3 Å². The van der Waals surface area contributed by atoms with Crippen LogP contribution in [0.1, 0.15) is 51.7 Å². The van der Waals surface area contributed by atoms with Crippen LogP contribution in [-0.2, 0) is 10.8 Å². The van der Waals surface area contributed by atoms with Crippen LogP contribution in [0.5, 0.6) is 5.75 Å². The summed E-state index contributed by atoms with van der Waals surface area (Å²) >= 11 is 0. The van der Waals surface area contributed by atoms with Crippen molar-refractivity contribution in [3.8, 4) is 17.1 Å². The standard InChI is InChI=1S/C23H24O4/c1-22(2)9-10-23(3,4)18-11-14(6-8-17(18)22)19-12-15-5-7-16(26-21(24)25)13-20(15)27-19/h5-8,11-13H,9-10H2,1-4H3,(H,24,25). The second kappa shape index (κ2) is 5.88. The van der Waals surface area contributed by atoms with Crippen LogP contribution in [0, 0.1) is 0 Å². The Labute approximate surface area is 158 Å². The fraction of sp³-hybridized carbons (Fsp3) is 0.348. The van der Waals surface area contributed by atoms with Gasteiger partial charge in [-0.05, 0) is 59.1 Å². The monoisotopic (exact) mass is 364 g/mol. The summed E-state index contributed by atoms with van der Waals surface area (Å²) in [7, 11) is 0. The molecule has 0 saturated heterocycles. The van der Waals surface area contributed by atoms with Crippen LogP contribution in [-0.4, -0.2) is 11.3 Å². The van der Waals surface area contributed by atoms with Crippen molar-refractivity contribution in [1.29, 1.82) is 0 Å². The molecule has 0 atom stereocenters. The molecule has 1 aliphatic carbocycles. The van der Waals surface area contributed by atoms with Gasteiger partial charge in [-0.3, -0.25) is 0 Å². The third-order valence-electron chi connectivity index (χ3n) is 5.83. The number of benzene rings is 2. The first-order valence-corrected chi connectivity index (χ1v) is 9.25. The van der Waals surface area contributed by atoms with E-state index < -0.39 is 6.16 Å². The molecule has 1 aromatic heterocycles. The van der Waals surface area contributed by atoms with Crippen LogP contribution < -0.4 is 4.74 Å². The Hall–Kier alpha value is -2.75. The number of ether oxygens (including phenoxy) is 1. The molecule has 1 N–H and O–H groups in total. The smallest absolute Gasteiger partial charge is 0.456 e. The van der Waals surface area contributed by atoms with Gasteiger partial charge in [0.2, 0.25) is 0 Å². The van der Waals surface area contributed by atoms with Crippen molar-refractivity contribution in [2.75, 3.05) is 0 Å². The van der Waals surface area contributed by atoms with Crippen LogP contribution in [0.3, 0.4) is 0 Å². The summed E-state index contributed by atoms with van der Waals surface area (Å²) in [6, 6.07) is 13.6. The van der Waals surface area contributed by atoms with E-state index in [4.69, 9.17) is 14.3 Å². The third-order valence-corrected chi connectivity index (χ3v) is 5.83. The predicted octanol–water partition coefficient (Wildman–Crippen LogP) is 6.51. The lowest BCUT2D eigenvalue weighted by atomic mass is 9.63. The highest BCUT2D eigenvalue weighted by atomic mass is 16.7. The number of furan rings is 1. The highest BCUT2D eigenvalue weighted by Crippen LogP contribution is 2.47. The van der Waals surface area contributed by atoms with Crippen molar-refractivity contribution in [3.05, 3.63) is 53.6 Å². The van der Waals surface area contributed by atoms with E-state index in [1.54, 1.807) is 12.1 Å². The van der Waals surface area contributed by atoms with Crippen molar-refractivity contribution in [2.45, 2.75) is 51.4 Å². The molecular weight excluding hydrogens is 340 g/mol. The van der Waals surface area contributed by atoms with E-state index in [0.717, 1.165) is 23.1 Å². The Kier molecular flexibility index (Phi) is 3.84. The molecule has 2 aromatic carbocycles. The number of hydrogen-bond donors (Lipinski definition) is 1. The van der Waals surface area contributed by atoms with E-state index in [1.807, 2.05) is 12.1 Å². The molecule has 0 unspecified atom stereocenters. The zero-order valence-electron chi connectivity index (χ0n) is 16.1. The molecule has 4 nitrogen and oxygen atoms in total. The molecule has 27 heavy (non-hydrogen) atoms. The SMILES string of the molecule is CC1(C)CCC(C)(C)c2cc(-c3cc4ccc(OC(=O)O)cc4o3)ccc21. The molecule has 1 aliphatic rings. The zero-order chi connectivity index (χ0) is 19.4. The molecule has 140 valence electrons. The van der Waals surface area contributed by atoms with Crippen LogP contribution in [0.4, 0.5) is 4.79 Å². The molecule has 4 heteroatoms. The summed E-state index contributed by atoms with van der Waals surface area (Å²) in [5, 5.41) is 9.69. The second-order valence-electron chi connectivity index (χ2n) is 8.71. The Balaban J connectivity index is 1.79. The van der Waals surface area contributed by atoms with Crippen molar-refractivity contribution >= 4 is 17.1 Å². The minimum absolute atomic E-state index is 0.134. The molecule has 3 aromatic rings. The Morgan fingerprint density at radius 3 is 2.37 bits per heavy atom. The number of fused-ring (bicyclic) bond motifs is 2. The molecule has 0 radical (unpaired) electrons. The summed E-state index contributed by atoms with van der Waals surface area (Å²) in [4.78, 5) is 10.7. The van der Waals surface area contributed by atoms with E-state index in [0.29, 0.717) is 5.58 Å². The van der Waals surface area contributed by atoms with Gasteiger partial charge in [0.25, 0.3) is 0 Å². The maximum atomic E-state index is 10.7. The fourth-order valence-corrected chi connectivity index (χ4v) is 4.06. The second-order valence-corrected chi connectivity index (χ2v) is 8.71. The van der Waals surface area contributed by atoms with E-state index in [2.05, 4.69) is 45.9 Å². The quantitative estimate of drug-likeness (QED) is 0.416. The van der Waals surface area contributed by atoms with Gasteiger partial charge in [0.05, 0.1) is 0 Å². The van der Waals surface area contributed by atoms with Gasteiger partial charge in [-0.25, -0.2) is 4.79 Å². The Morgan fingerprint density at radius 1 is 0.963 bits per heavy atom. The number of carbonyl (C=O) groups is 1. The van der Waals surface area contributed by atoms with Gasteiger partial charge in [0.15, 0.2) is 0 Å². The van der Waals surface area contributed by atoms with Gasteiger partial charge >= 0.3 is 6.16 Å². The van der Waals surface area contributed by atoms with Crippen molar-refractivity contribution < 1.29 is 19.1 Å². The number of hydrogen-bond acceptors (Lipinski definition) is 3. The van der Waals surface area contributed by atoms with Gasteiger partial charge in [-0.2, -0.15) is 0 Å². The van der Waals surface area contributed by atoms with Crippen LogP contribution in [0.15, 0.2) is 46.9 Å².